The fraction of sp³-hybridized carbons (Fsp3) is 0.364. The summed E-state index contributed by atoms with van der Waals surface area (Å²) in [6.45, 7) is 5.06. The second kappa shape index (κ2) is 8.30. The Kier molecular flexibility index (Phi) is 6.13. The van der Waals surface area contributed by atoms with Crippen molar-refractivity contribution in [1.82, 2.24) is 4.98 Å². The number of benzene rings is 1. The zero-order valence-electron chi connectivity index (χ0n) is 16.6. The Morgan fingerprint density at radius 3 is 2.47 bits per heavy atom. The van der Waals surface area contributed by atoms with Gasteiger partial charge in [-0.1, -0.05) is 55.8 Å². The van der Waals surface area contributed by atoms with E-state index in [1.54, 1.807) is 51.1 Å². The average molecular weight is 440 g/mol. The summed E-state index contributed by atoms with van der Waals surface area (Å²) in [7, 11) is 0. The van der Waals surface area contributed by atoms with Gasteiger partial charge in [-0.3, -0.25) is 4.79 Å². The summed E-state index contributed by atoms with van der Waals surface area (Å²) < 4.78 is 49.3. The molecule has 1 heterocycles. The van der Waals surface area contributed by atoms with E-state index in [-0.39, 0.29) is 0 Å². The third-order valence-corrected chi connectivity index (χ3v) is 5.52. The number of halogens is 4. The van der Waals surface area contributed by atoms with Gasteiger partial charge in [0.25, 0.3) is 0 Å². The van der Waals surface area contributed by atoms with Gasteiger partial charge < -0.3 is 9.47 Å². The van der Waals surface area contributed by atoms with E-state index in [4.69, 9.17) is 21.1 Å². The van der Waals surface area contributed by atoms with Crippen LogP contribution in [0.15, 0.2) is 59.6 Å². The van der Waals surface area contributed by atoms with Crippen molar-refractivity contribution in [3.63, 3.8) is 0 Å². The highest BCUT2D eigenvalue weighted by molar-refractivity contribution is 6.30. The molecule has 30 heavy (non-hydrogen) atoms. The van der Waals surface area contributed by atoms with Crippen molar-refractivity contribution in [3.05, 3.63) is 65.3 Å². The third kappa shape index (κ3) is 4.95. The lowest BCUT2D eigenvalue weighted by molar-refractivity contribution is -0.151. The van der Waals surface area contributed by atoms with Gasteiger partial charge >= 0.3 is 12.1 Å². The van der Waals surface area contributed by atoms with Gasteiger partial charge in [0.1, 0.15) is 16.9 Å². The second-order valence-electron chi connectivity index (χ2n) is 7.73. The molecule has 0 aliphatic heterocycles. The lowest BCUT2D eigenvalue weighted by Crippen LogP contribution is -2.14. The zero-order valence-corrected chi connectivity index (χ0v) is 17.4. The van der Waals surface area contributed by atoms with E-state index in [0.717, 1.165) is 6.08 Å². The zero-order chi connectivity index (χ0) is 22.1. The van der Waals surface area contributed by atoms with Gasteiger partial charge in [0.15, 0.2) is 0 Å². The van der Waals surface area contributed by atoms with Crippen molar-refractivity contribution in [2.24, 2.45) is 17.3 Å². The molecule has 1 saturated carbocycles. The van der Waals surface area contributed by atoms with Gasteiger partial charge in [0.2, 0.25) is 5.88 Å². The maximum absolute atomic E-state index is 12.7. The summed E-state index contributed by atoms with van der Waals surface area (Å²) >= 11 is 5.33. The van der Waals surface area contributed by atoms with Gasteiger partial charge in [-0.05, 0) is 36.5 Å². The molecule has 4 nitrogen and oxygen atoms in total. The molecule has 1 aliphatic rings. The minimum absolute atomic E-state index is 0.339. The molecule has 1 fully saturated rings. The summed E-state index contributed by atoms with van der Waals surface area (Å²) in [6.07, 6.45) is -4.44. The van der Waals surface area contributed by atoms with E-state index >= 15 is 0 Å². The quantitative estimate of drug-likeness (QED) is 0.486. The lowest BCUT2D eigenvalue weighted by atomic mass is 10.1. The van der Waals surface area contributed by atoms with E-state index in [1.807, 2.05) is 18.2 Å². The largest absolute Gasteiger partial charge is 0.456 e. The first kappa shape index (κ1) is 22.2. The lowest BCUT2D eigenvalue weighted by Gasteiger charge is -2.14. The van der Waals surface area contributed by atoms with Crippen LogP contribution in [0.2, 0.25) is 0 Å². The molecule has 1 unspecified atom stereocenters. The monoisotopic (exact) mass is 439 g/mol. The van der Waals surface area contributed by atoms with E-state index < -0.39 is 40.5 Å². The van der Waals surface area contributed by atoms with E-state index in [0.29, 0.717) is 17.3 Å². The molecule has 8 heteroatoms. The molecule has 0 radical (unpaired) electrons. The van der Waals surface area contributed by atoms with Crippen molar-refractivity contribution < 1.29 is 27.4 Å². The molecule has 0 bridgehead atoms. The Bertz CT molecular complexity index is 944. The maximum Gasteiger partial charge on any atom is 0.426 e. The molecular weight excluding hydrogens is 419 g/mol. The first-order valence-electron chi connectivity index (χ1n) is 9.35. The van der Waals surface area contributed by atoms with Gasteiger partial charge in [-0.2, -0.15) is 13.2 Å². The number of hydrogen-bond acceptors (Lipinski definition) is 4. The van der Waals surface area contributed by atoms with Gasteiger partial charge in [0.05, 0.1) is 11.6 Å². The van der Waals surface area contributed by atoms with Crippen LogP contribution in [0.25, 0.3) is 0 Å². The van der Waals surface area contributed by atoms with Gasteiger partial charge in [-0.25, -0.2) is 4.98 Å². The van der Waals surface area contributed by atoms with Gasteiger partial charge in [0, 0.05) is 6.07 Å². The number of aromatic nitrogens is 1. The van der Waals surface area contributed by atoms with Crippen molar-refractivity contribution in [3.8, 4) is 11.6 Å². The van der Waals surface area contributed by atoms with Crippen molar-refractivity contribution in [2.75, 3.05) is 0 Å². The van der Waals surface area contributed by atoms with Crippen LogP contribution in [-0.4, -0.2) is 17.1 Å². The minimum Gasteiger partial charge on any atom is -0.456 e. The Hall–Kier alpha value is -2.54. The Labute approximate surface area is 177 Å². The summed E-state index contributed by atoms with van der Waals surface area (Å²) in [6, 6.07) is 14.2. The van der Waals surface area contributed by atoms with Crippen LogP contribution in [0.1, 0.15) is 32.6 Å². The predicted octanol–water partition coefficient (Wildman–Crippen LogP) is 6.44. The topological polar surface area (TPSA) is 48.4 Å². The molecule has 160 valence electrons. The molecule has 0 spiro atoms. The Morgan fingerprint density at radius 2 is 1.83 bits per heavy atom. The maximum atomic E-state index is 12.7. The highest BCUT2D eigenvalue weighted by Gasteiger charge is 2.62. The SMILES string of the molecule is CC(OC(=O)[C@@H]1[C@H](C=C(Cl)C(F)(F)F)C1(C)C)c1cccc(Oc2ccccc2)n1. The summed E-state index contributed by atoms with van der Waals surface area (Å²) in [4.78, 5) is 16.9. The van der Waals surface area contributed by atoms with Gasteiger partial charge in [-0.15, -0.1) is 0 Å². The smallest absolute Gasteiger partial charge is 0.426 e. The molecule has 0 saturated heterocycles. The molecule has 1 aromatic carbocycles. The van der Waals surface area contributed by atoms with Crippen LogP contribution in [0.3, 0.4) is 0 Å². The molecular formula is C22H21ClF3NO3. The predicted molar refractivity (Wildman–Crippen MR) is 106 cm³/mol. The number of carbonyl (C=O) groups is 1. The number of para-hydroxylation sites is 1. The third-order valence-electron chi connectivity index (χ3n) is 5.18. The average Bonchev–Trinajstić information content (AvgIpc) is 3.22. The molecule has 1 aliphatic carbocycles. The second-order valence-corrected chi connectivity index (χ2v) is 8.14. The number of ether oxygens (including phenoxy) is 2. The van der Waals surface area contributed by atoms with Crippen LogP contribution in [0.4, 0.5) is 13.2 Å². The van der Waals surface area contributed by atoms with E-state index in [2.05, 4.69) is 4.98 Å². The number of alkyl halides is 3. The number of hydrogen-bond donors (Lipinski definition) is 0. The number of pyridine rings is 1. The highest BCUT2D eigenvalue weighted by Crippen LogP contribution is 2.60. The number of allylic oxidation sites excluding steroid dienone is 2. The van der Waals surface area contributed by atoms with Crippen LogP contribution < -0.4 is 4.74 Å². The molecule has 2 aromatic rings. The molecule has 3 rings (SSSR count). The summed E-state index contributed by atoms with van der Waals surface area (Å²) in [5, 5.41) is -1.23. The summed E-state index contributed by atoms with van der Waals surface area (Å²) in [5.74, 6) is -0.989. The standard InChI is InChI=1S/C22H21ClF3NO3/c1-13(16-10-7-11-18(27-16)30-14-8-5-4-6-9-14)29-20(28)19-15(21(19,2)3)12-17(23)22(24,25)26/h4-13,15,19H,1-3H3/t13?,15-,19-/m0/s1. The van der Waals surface area contributed by atoms with Crippen molar-refractivity contribution in [2.45, 2.75) is 33.1 Å². The Balaban J connectivity index is 1.67. The normalized spacial score (nSPS) is 21.6. The highest BCUT2D eigenvalue weighted by atomic mass is 35.5. The minimum atomic E-state index is -4.63. The number of nitrogens with zero attached hydrogens (tertiary/aromatic N) is 1. The van der Waals surface area contributed by atoms with E-state index in [9.17, 15) is 18.0 Å². The number of carbonyl (C=O) groups excluding carboxylic acids is 1. The van der Waals surface area contributed by atoms with E-state index in [1.165, 1.54) is 0 Å². The van der Waals surface area contributed by atoms with Crippen molar-refractivity contribution >= 4 is 17.6 Å². The fourth-order valence-electron chi connectivity index (χ4n) is 3.32. The molecule has 3 atom stereocenters. The molecule has 0 N–H and O–H groups in total. The van der Waals surface area contributed by atoms with Crippen LogP contribution in [0, 0.1) is 17.3 Å². The first-order valence-corrected chi connectivity index (χ1v) is 9.73. The van der Waals surface area contributed by atoms with Crippen LogP contribution >= 0.6 is 11.6 Å². The summed E-state index contributed by atoms with van der Waals surface area (Å²) in [5.41, 5.74) is -0.205. The molecule has 0 amide bonds. The van der Waals surface area contributed by atoms with Crippen LogP contribution in [-0.2, 0) is 9.53 Å². The number of esters is 1. The first-order chi connectivity index (χ1) is 14.0. The van der Waals surface area contributed by atoms with Crippen LogP contribution in [0.5, 0.6) is 11.6 Å². The Morgan fingerprint density at radius 1 is 1.17 bits per heavy atom. The van der Waals surface area contributed by atoms with Crippen molar-refractivity contribution in [1.29, 1.82) is 0 Å². The fourth-order valence-corrected chi connectivity index (χ4v) is 3.46. The molecule has 1 aromatic heterocycles. The number of rotatable bonds is 6.